The molecular weight excluding hydrogens is 328 g/mol. The lowest BCUT2D eigenvalue weighted by atomic mass is 10.3. The van der Waals surface area contributed by atoms with Gasteiger partial charge in [0.25, 0.3) is 10.0 Å². The standard InChI is InChI=1S/C15H15F2NO4S/c1-2-21-12-6-8-14(9-7-12)23(19,20)18-11-4-3-5-13(10-11)22-15(16)17/h3-10,15,18H,2H2,1H3. The summed E-state index contributed by atoms with van der Waals surface area (Å²) in [7, 11) is -3.84. The lowest BCUT2D eigenvalue weighted by Gasteiger charge is -2.10. The van der Waals surface area contributed by atoms with E-state index in [-0.39, 0.29) is 16.3 Å². The van der Waals surface area contributed by atoms with E-state index in [2.05, 4.69) is 9.46 Å². The fourth-order valence-corrected chi connectivity index (χ4v) is 2.88. The Morgan fingerprint density at radius 1 is 1.09 bits per heavy atom. The molecule has 2 aromatic carbocycles. The highest BCUT2D eigenvalue weighted by Gasteiger charge is 2.15. The summed E-state index contributed by atoms with van der Waals surface area (Å²) in [6.07, 6.45) is 0. The Labute approximate surface area is 132 Å². The van der Waals surface area contributed by atoms with Crippen molar-refractivity contribution >= 4 is 15.7 Å². The Bertz CT molecular complexity index is 748. The Kier molecular flexibility index (Phi) is 5.38. The summed E-state index contributed by atoms with van der Waals surface area (Å²) in [4.78, 5) is 0.0288. The van der Waals surface area contributed by atoms with Gasteiger partial charge < -0.3 is 9.47 Å². The second-order valence-corrected chi connectivity index (χ2v) is 6.10. The molecule has 0 saturated heterocycles. The van der Waals surface area contributed by atoms with Crippen molar-refractivity contribution in [2.75, 3.05) is 11.3 Å². The molecule has 8 heteroatoms. The number of sulfonamides is 1. The van der Waals surface area contributed by atoms with Crippen LogP contribution in [0.4, 0.5) is 14.5 Å². The number of anilines is 1. The molecule has 0 aromatic heterocycles. The molecular formula is C15H15F2NO4S. The third kappa shape index (κ3) is 4.82. The topological polar surface area (TPSA) is 64.6 Å². The van der Waals surface area contributed by atoms with Gasteiger partial charge in [0.15, 0.2) is 0 Å². The van der Waals surface area contributed by atoms with Crippen molar-refractivity contribution in [2.45, 2.75) is 18.4 Å². The second-order valence-electron chi connectivity index (χ2n) is 4.42. The average molecular weight is 343 g/mol. The van der Waals surface area contributed by atoms with Crippen LogP contribution in [-0.2, 0) is 10.0 Å². The predicted molar refractivity (Wildman–Crippen MR) is 81.5 cm³/mol. The van der Waals surface area contributed by atoms with Gasteiger partial charge in [0.2, 0.25) is 0 Å². The van der Waals surface area contributed by atoms with Gasteiger partial charge >= 0.3 is 6.61 Å². The summed E-state index contributed by atoms with van der Waals surface area (Å²) >= 11 is 0. The van der Waals surface area contributed by atoms with E-state index >= 15 is 0 Å². The minimum atomic E-state index is -3.84. The van der Waals surface area contributed by atoms with Crippen LogP contribution in [0.1, 0.15) is 6.92 Å². The molecule has 0 saturated carbocycles. The summed E-state index contributed by atoms with van der Waals surface area (Å²) in [5, 5.41) is 0. The van der Waals surface area contributed by atoms with Crippen molar-refractivity contribution in [3.8, 4) is 11.5 Å². The zero-order valence-corrected chi connectivity index (χ0v) is 13.0. The molecule has 0 aliphatic heterocycles. The van der Waals surface area contributed by atoms with Crippen LogP contribution < -0.4 is 14.2 Å². The monoisotopic (exact) mass is 343 g/mol. The lowest BCUT2D eigenvalue weighted by Crippen LogP contribution is -2.13. The van der Waals surface area contributed by atoms with E-state index in [0.29, 0.717) is 12.4 Å². The molecule has 23 heavy (non-hydrogen) atoms. The summed E-state index contributed by atoms with van der Waals surface area (Å²) in [5.74, 6) is 0.422. The molecule has 0 spiro atoms. The second kappa shape index (κ2) is 7.28. The highest BCUT2D eigenvalue weighted by atomic mass is 32.2. The molecule has 2 aromatic rings. The molecule has 0 radical (unpaired) electrons. The maximum atomic E-state index is 12.3. The minimum Gasteiger partial charge on any atom is -0.494 e. The number of benzene rings is 2. The van der Waals surface area contributed by atoms with Crippen molar-refractivity contribution < 1.29 is 26.7 Å². The van der Waals surface area contributed by atoms with Gasteiger partial charge in [-0.1, -0.05) is 6.07 Å². The molecule has 0 aliphatic carbocycles. The van der Waals surface area contributed by atoms with Crippen LogP contribution in [0.5, 0.6) is 11.5 Å². The molecule has 0 heterocycles. The number of nitrogens with one attached hydrogen (secondary N) is 1. The van der Waals surface area contributed by atoms with Crippen LogP contribution in [0.15, 0.2) is 53.4 Å². The number of halogens is 2. The fraction of sp³-hybridized carbons (Fsp3) is 0.200. The van der Waals surface area contributed by atoms with E-state index in [1.807, 2.05) is 6.92 Å². The smallest absolute Gasteiger partial charge is 0.387 e. The quantitative estimate of drug-likeness (QED) is 0.836. The van der Waals surface area contributed by atoms with E-state index in [0.717, 1.165) is 0 Å². The predicted octanol–water partition coefficient (Wildman–Crippen LogP) is 3.49. The molecule has 5 nitrogen and oxygen atoms in total. The summed E-state index contributed by atoms with van der Waals surface area (Å²) in [6, 6.07) is 11.2. The van der Waals surface area contributed by atoms with Crippen LogP contribution in [-0.4, -0.2) is 21.6 Å². The van der Waals surface area contributed by atoms with E-state index in [1.54, 1.807) is 0 Å². The molecule has 0 aliphatic rings. The van der Waals surface area contributed by atoms with E-state index < -0.39 is 16.6 Å². The first-order valence-electron chi connectivity index (χ1n) is 6.71. The number of alkyl halides is 2. The molecule has 0 fully saturated rings. The Morgan fingerprint density at radius 3 is 2.39 bits per heavy atom. The highest BCUT2D eigenvalue weighted by Crippen LogP contribution is 2.23. The van der Waals surface area contributed by atoms with Crippen molar-refractivity contribution in [2.24, 2.45) is 0 Å². The van der Waals surface area contributed by atoms with Crippen LogP contribution in [0, 0.1) is 0 Å². The van der Waals surface area contributed by atoms with Gasteiger partial charge in [-0.05, 0) is 43.3 Å². The molecule has 0 atom stereocenters. The third-order valence-corrected chi connectivity index (χ3v) is 4.15. The molecule has 0 amide bonds. The molecule has 124 valence electrons. The zero-order valence-electron chi connectivity index (χ0n) is 12.2. The van der Waals surface area contributed by atoms with E-state index in [9.17, 15) is 17.2 Å². The number of hydrogen-bond donors (Lipinski definition) is 1. The van der Waals surface area contributed by atoms with E-state index in [4.69, 9.17) is 4.74 Å². The van der Waals surface area contributed by atoms with Gasteiger partial charge in [-0.15, -0.1) is 0 Å². The Hall–Kier alpha value is -2.35. The van der Waals surface area contributed by atoms with Crippen LogP contribution >= 0.6 is 0 Å². The van der Waals surface area contributed by atoms with Crippen LogP contribution in [0.2, 0.25) is 0 Å². The molecule has 0 unspecified atom stereocenters. The Morgan fingerprint density at radius 2 is 1.78 bits per heavy atom. The van der Waals surface area contributed by atoms with Gasteiger partial charge in [-0.3, -0.25) is 4.72 Å². The molecule has 2 rings (SSSR count). The third-order valence-electron chi connectivity index (χ3n) is 2.76. The van der Waals surface area contributed by atoms with Gasteiger partial charge in [0, 0.05) is 6.07 Å². The number of rotatable bonds is 7. The SMILES string of the molecule is CCOc1ccc(S(=O)(=O)Nc2cccc(OC(F)F)c2)cc1. The Balaban J connectivity index is 2.17. The van der Waals surface area contributed by atoms with Gasteiger partial charge in [-0.2, -0.15) is 8.78 Å². The first kappa shape index (κ1) is 17.0. The number of hydrogen-bond acceptors (Lipinski definition) is 4. The summed E-state index contributed by atoms with van der Waals surface area (Å²) < 4.78 is 60.7. The molecule has 1 N–H and O–H groups in total. The largest absolute Gasteiger partial charge is 0.494 e. The average Bonchev–Trinajstić information content (AvgIpc) is 2.47. The van der Waals surface area contributed by atoms with Crippen molar-refractivity contribution in [3.05, 3.63) is 48.5 Å². The first-order chi connectivity index (χ1) is 10.9. The highest BCUT2D eigenvalue weighted by molar-refractivity contribution is 7.92. The van der Waals surface area contributed by atoms with Gasteiger partial charge in [-0.25, -0.2) is 8.42 Å². The van der Waals surface area contributed by atoms with Gasteiger partial charge in [0.1, 0.15) is 11.5 Å². The lowest BCUT2D eigenvalue weighted by molar-refractivity contribution is -0.0497. The maximum absolute atomic E-state index is 12.3. The zero-order chi connectivity index (χ0) is 16.9. The fourth-order valence-electron chi connectivity index (χ4n) is 1.83. The van der Waals surface area contributed by atoms with Gasteiger partial charge in [0.05, 0.1) is 17.2 Å². The normalized spacial score (nSPS) is 11.3. The summed E-state index contributed by atoms with van der Waals surface area (Å²) in [6.45, 7) is -0.685. The van der Waals surface area contributed by atoms with Crippen molar-refractivity contribution in [1.29, 1.82) is 0 Å². The van der Waals surface area contributed by atoms with Crippen LogP contribution in [0.25, 0.3) is 0 Å². The maximum Gasteiger partial charge on any atom is 0.387 e. The molecule has 0 bridgehead atoms. The van der Waals surface area contributed by atoms with E-state index in [1.165, 1.54) is 48.5 Å². The van der Waals surface area contributed by atoms with Crippen LogP contribution in [0.3, 0.4) is 0 Å². The van der Waals surface area contributed by atoms with Crippen molar-refractivity contribution in [3.63, 3.8) is 0 Å². The summed E-state index contributed by atoms with van der Waals surface area (Å²) in [5.41, 5.74) is 0.122. The minimum absolute atomic E-state index is 0.0288. The first-order valence-corrected chi connectivity index (χ1v) is 8.19. The number of ether oxygens (including phenoxy) is 2. The van der Waals surface area contributed by atoms with Crippen molar-refractivity contribution in [1.82, 2.24) is 0 Å².